The molecule has 0 saturated heterocycles. The van der Waals surface area contributed by atoms with Gasteiger partial charge in [0.2, 0.25) is 6.54 Å². The highest BCUT2D eigenvalue weighted by Crippen LogP contribution is 2.09. The van der Waals surface area contributed by atoms with Crippen LogP contribution in [-0.2, 0) is 0 Å². The summed E-state index contributed by atoms with van der Waals surface area (Å²) in [5.74, 6) is 0. The smallest absolute Gasteiger partial charge is 0.241 e. The maximum Gasteiger partial charge on any atom is 0.241 e. The van der Waals surface area contributed by atoms with Gasteiger partial charge in [0.05, 0.1) is 11.4 Å². The molecule has 0 N–H and O–H groups in total. The van der Waals surface area contributed by atoms with Crippen molar-refractivity contribution in [1.29, 1.82) is 0 Å². The van der Waals surface area contributed by atoms with Gasteiger partial charge in [-0.1, -0.05) is 18.2 Å². The fourth-order valence-electron chi connectivity index (χ4n) is 0.945. The van der Waals surface area contributed by atoms with Crippen molar-refractivity contribution in [1.82, 2.24) is 0 Å². The lowest BCUT2D eigenvalue weighted by atomic mass is 10.3. The van der Waals surface area contributed by atoms with Crippen LogP contribution in [0.15, 0.2) is 35.3 Å². The maximum absolute atomic E-state index is 10.1. The van der Waals surface area contributed by atoms with Crippen molar-refractivity contribution in [3.05, 3.63) is 40.4 Å². The first kappa shape index (κ1) is 9.38. The van der Waals surface area contributed by atoms with Gasteiger partial charge in [-0.25, -0.2) is 0 Å². The van der Waals surface area contributed by atoms with Crippen molar-refractivity contribution in [2.24, 2.45) is 4.99 Å². The molecular formula is C9H10N2O2. The molecule has 1 rings (SSSR count). The van der Waals surface area contributed by atoms with Gasteiger partial charge in [-0.15, -0.1) is 0 Å². The Labute approximate surface area is 76.1 Å². The summed E-state index contributed by atoms with van der Waals surface area (Å²) in [4.78, 5) is 13.8. The summed E-state index contributed by atoms with van der Waals surface area (Å²) in [5.41, 5.74) is 1.26. The summed E-state index contributed by atoms with van der Waals surface area (Å²) in [5, 5.41) is 10.1. The molecule has 13 heavy (non-hydrogen) atoms. The highest BCUT2D eigenvalue weighted by molar-refractivity contribution is 5.85. The molecule has 4 heteroatoms. The number of nitrogens with zero attached hydrogens (tertiary/aromatic N) is 2. The van der Waals surface area contributed by atoms with Crippen LogP contribution in [0.4, 0.5) is 5.69 Å². The Morgan fingerprint density at radius 3 is 2.62 bits per heavy atom. The Morgan fingerprint density at radius 2 is 2.08 bits per heavy atom. The zero-order chi connectivity index (χ0) is 9.68. The van der Waals surface area contributed by atoms with Crippen molar-refractivity contribution >= 4 is 11.4 Å². The first-order valence-electron chi connectivity index (χ1n) is 3.89. The third-order valence-corrected chi connectivity index (χ3v) is 1.43. The van der Waals surface area contributed by atoms with E-state index >= 15 is 0 Å². The quantitative estimate of drug-likeness (QED) is 0.404. The van der Waals surface area contributed by atoms with E-state index in [4.69, 9.17) is 0 Å². The molecule has 0 aliphatic carbocycles. The summed E-state index contributed by atoms with van der Waals surface area (Å²) in [6.45, 7) is 1.45. The Kier molecular flexibility index (Phi) is 3.14. The molecule has 4 nitrogen and oxygen atoms in total. The fourth-order valence-corrected chi connectivity index (χ4v) is 0.945. The minimum Gasteiger partial charge on any atom is -0.264 e. The molecule has 1 aromatic carbocycles. The number of para-hydroxylation sites is 1. The first-order chi connectivity index (χ1) is 6.18. The number of rotatable bonds is 3. The molecule has 68 valence electrons. The molecule has 1 aromatic rings. The predicted molar refractivity (Wildman–Crippen MR) is 51.1 cm³/mol. The zero-order valence-corrected chi connectivity index (χ0v) is 7.30. The van der Waals surface area contributed by atoms with Gasteiger partial charge in [0.15, 0.2) is 0 Å². The number of aliphatic imine (C=N–C) groups is 1. The van der Waals surface area contributed by atoms with Gasteiger partial charge in [-0.2, -0.15) is 0 Å². The molecule has 0 bridgehead atoms. The topological polar surface area (TPSA) is 55.5 Å². The second kappa shape index (κ2) is 4.35. The van der Waals surface area contributed by atoms with Crippen molar-refractivity contribution in [3.63, 3.8) is 0 Å². The second-order valence-corrected chi connectivity index (χ2v) is 2.67. The maximum atomic E-state index is 10.1. The van der Waals surface area contributed by atoms with Crippen LogP contribution in [0, 0.1) is 10.1 Å². The summed E-state index contributed by atoms with van der Waals surface area (Å²) in [6, 6.07) is 9.19. The van der Waals surface area contributed by atoms with Crippen molar-refractivity contribution < 1.29 is 4.92 Å². The second-order valence-electron chi connectivity index (χ2n) is 2.67. The summed E-state index contributed by atoms with van der Waals surface area (Å²) < 4.78 is 0. The van der Waals surface area contributed by atoms with E-state index in [0.29, 0.717) is 5.71 Å². The highest BCUT2D eigenvalue weighted by Gasteiger charge is 2.00. The van der Waals surface area contributed by atoms with Crippen LogP contribution >= 0.6 is 0 Å². The molecule has 0 aliphatic rings. The molecule has 0 radical (unpaired) electrons. The van der Waals surface area contributed by atoms with Gasteiger partial charge in [0, 0.05) is 4.92 Å². The van der Waals surface area contributed by atoms with Gasteiger partial charge in [0.25, 0.3) is 0 Å². The van der Waals surface area contributed by atoms with E-state index in [2.05, 4.69) is 4.99 Å². The van der Waals surface area contributed by atoms with Crippen LogP contribution in [0.3, 0.4) is 0 Å². The van der Waals surface area contributed by atoms with E-state index in [1.165, 1.54) is 0 Å². The van der Waals surface area contributed by atoms with E-state index in [1.807, 2.05) is 30.3 Å². The SMILES string of the molecule is CC(C[N+](=O)[O-])=Nc1ccccc1. The van der Waals surface area contributed by atoms with Crippen molar-refractivity contribution in [2.75, 3.05) is 6.54 Å². The van der Waals surface area contributed by atoms with E-state index < -0.39 is 0 Å². The molecule has 0 fully saturated rings. The van der Waals surface area contributed by atoms with Gasteiger partial charge in [0.1, 0.15) is 0 Å². The lowest BCUT2D eigenvalue weighted by Crippen LogP contribution is -2.09. The monoisotopic (exact) mass is 178 g/mol. The lowest BCUT2D eigenvalue weighted by molar-refractivity contribution is -0.463. The average Bonchev–Trinajstić information content (AvgIpc) is 2.04. The standard InChI is InChI=1S/C9H10N2O2/c1-8(7-11(12)13)10-9-5-3-2-4-6-9/h2-6H,7H2,1H3. The van der Waals surface area contributed by atoms with E-state index in [9.17, 15) is 10.1 Å². The molecule has 0 unspecified atom stereocenters. The van der Waals surface area contributed by atoms with Crippen LogP contribution in [0.1, 0.15) is 6.92 Å². The number of benzene rings is 1. The van der Waals surface area contributed by atoms with Crippen LogP contribution in [-0.4, -0.2) is 17.2 Å². The van der Waals surface area contributed by atoms with Crippen molar-refractivity contribution in [3.8, 4) is 0 Å². The number of nitro groups is 1. The van der Waals surface area contributed by atoms with E-state index in [0.717, 1.165) is 5.69 Å². The minimum absolute atomic E-state index is 0.200. The first-order valence-corrected chi connectivity index (χ1v) is 3.89. The fraction of sp³-hybridized carbons (Fsp3) is 0.222. The predicted octanol–water partition coefficient (Wildman–Crippen LogP) is 2.06. The average molecular weight is 178 g/mol. The van der Waals surface area contributed by atoms with Crippen LogP contribution in [0.5, 0.6) is 0 Å². The van der Waals surface area contributed by atoms with Gasteiger partial charge >= 0.3 is 0 Å². The van der Waals surface area contributed by atoms with Gasteiger partial charge in [-0.05, 0) is 19.1 Å². The Bertz CT molecular complexity index is 320. The summed E-state index contributed by atoms with van der Waals surface area (Å²) in [7, 11) is 0. The van der Waals surface area contributed by atoms with Gasteiger partial charge < -0.3 is 0 Å². The van der Waals surface area contributed by atoms with Crippen molar-refractivity contribution in [2.45, 2.75) is 6.92 Å². The molecular weight excluding hydrogens is 168 g/mol. The third kappa shape index (κ3) is 3.46. The van der Waals surface area contributed by atoms with Gasteiger partial charge in [-0.3, -0.25) is 15.1 Å². The molecule has 0 atom stereocenters. The Hall–Kier alpha value is -1.71. The van der Waals surface area contributed by atoms with Crippen LogP contribution in [0.25, 0.3) is 0 Å². The van der Waals surface area contributed by atoms with Crippen LogP contribution in [0.2, 0.25) is 0 Å². The molecule has 0 heterocycles. The lowest BCUT2D eigenvalue weighted by Gasteiger charge is -1.94. The van der Waals surface area contributed by atoms with Crippen LogP contribution < -0.4 is 0 Å². The minimum atomic E-state index is -0.387. The molecule has 0 aromatic heterocycles. The largest absolute Gasteiger partial charge is 0.264 e. The molecule has 0 saturated carbocycles. The molecule has 0 amide bonds. The number of hydrogen-bond acceptors (Lipinski definition) is 3. The van der Waals surface area contributed by atoms with E-state index in [1.54, 1.807) is 6.92 Å². The number of hydrogen-bond donors (Lipinski definition) is 0. The summed E-state index contributed by atoms with van der Waals surface area (Å²) >= 11 is 0. The molecule has 0 spiro atoms. The highest BCUT2D eigenvalue weighted by atomic mass is 16.6. The van der Waals surface area contributed by atoms with E-state index in [-0.39, 0.29) is 11.5 Å². The third-order valence-electron chi connectivity index (χ3n) is 1.43. The molecule has 0 aliphatic heterocycles. The normalized spacial score (nSPS) is 11.3. The Balaban J connectivity index is 2.71. The summed E-state index contributed by atoms with van der Waals surface area (Å²) in [6.07, 6.45) is 0. The zero-order valence-electron chi connectivity index (χ0n) is 7.30. The Morgan fingerprint density at radius 1 is 1.46 bits per heavy atom.